The maximum absolute atomic E-state index is 12.6. The summed E-state index contributed by atoms with van der Waals surface area (Å²) in [6.07, 6.45) is 0. The molecule has 8 heteroatoms. The van der Waals surface area contributed by atoms with Gasteiger partial charge in [0.15, 0.2) is 5.17 Å². The van der Waals surface area contributed by atoms with E-state index in [-0.39, 0.29) is 6.54 Å². The lowest BCUT2D eigenvalue weighted by Crippen LogP contribution is -2.43. The number of aliphatic imine (C=N–C) groups is 1. The van der Waals surface area contributed by atoms with Gasteiger partial charge in [0.1, 0.15) is 12.1 Å². The molecular weight excluding hydrogens is 316 g/mol. The quantitative estimate of drug-likeness (QED) is 0.796. The SMILES string of the molecule is C[C@]1(c2ccccc2)NC(=O)N(CC(=O)NC2=NCCS2)C1=O. The minimum absolute atomic E-state index is 0.327. The second-order valence-corrected chi connectivity index (χ2v) is 6.48. The molecule has 0 unspecified atom stereocenters. The van der Waals surface area contributed by atoms with E-state index in [9.17, 15) is 14.4 Å². The van der Waals surface area contributed by atoms with E-state index < -0.39 is 23.4 Å². The lowest BCUT2D eigenvalue weighted by molar-refractivity contribution is -0.134. The summed E-state index contributed by atoms with van der Waals surface area (Å²) in [5.41, 5.74) is -0.477. The number of rotatable bonds is 3. The first-order chi connectivity index (χ1) is 11.0. The van der Waals surface area contributed by atoms with Gasteiger partial charge in [-0.05, 0) is 12.5 Å². The number of amides is 4. The molecule has 1 saturated heterocycles. The molecular formula is C15H16N4O3S. The van der Waals surface area contributed by atoms with Crippen molar-refractivity contribution in [1.82, 2.24) is 15.5 Å². The van der Waals surface area contributed by atoms with E-state index in [1.54, 1.807) is 31.2 Å². The summed E-state index contributed by atoms with van der Waals surface area (Å²) in [6.45, 7) is 1.97. The van der Waals surface area contributed by atoms with Gasteiger partial charge in [-0.15, -0.1) is 0 Å². The summed E-state index contributed by atoms with van der Waals surface area (Å²) < 4.78 is 0. The molecule has 0 spiro atoms. The van der Waals surface area contributed by atoms with Crippen molar-refractivity contribution in [3.05, 3.63) is 35.9 Å². The minimum Gasteiger partial charge on any atom is -0.319 e. The smallest absolute Gasteiger partial charge is 0.319 e. The van der Waals surface area contributed by atoms with E-state index in [1.807, 2.05) is 6.07 Å². The average Bonchev–Trinajstić information content (AvgIpc) is 3.11. The van der Waals surface area contributed by atoms with Crippen molar-refractivity contribution < 1.29 is 14.4 Å². The number of hydrogen-bond acceptors (Lipinski definition) is 5. The summed E-state index contributed by atoms with van der Waals surface area (Å²) in [7, 11) is 0. The molecule has 2 heterocycles. The Kier molecular flexibility index (Phi) is 4.08. The van der Waals surface area contributed by atoms with Crippen LogP contribution in [0.25, 0.3) is 0 Å². The van der Waals surface area contributed by atoms with Gasteiger partial charge >= 0.3 is 6.03 Å². The average molecular weight is 332 g/mol. The van der Waals surface area contributed by atoms with Gasteiger partial charge in [-0.2, -0.15) is 0 Å². The van der Waals surface area contributed by atoms with Crippen molar-refractivity contribution in [2.45, 2.75) is 12.5 Å². The van der Waals surface area contributed by atoms with E-state index in [1.165, 1.54) is 11.8 Å². The van der Waals surface area contributed by atoms with Crippen molar-refractivity contribution in [1.29, 1.82) is 0 Å². The third-order valence-electron chi connectivity index (χ3n) is 3.76. The van der Waals surface area contributed by atoms with Crippen LogP contribution in [0.5, 0.6) is 0 Å². The number of hydrogen-bond donors (Lipinski definition) is 2. The second-order valence-electron chi connectivity index (χ2n) is 5.40. The predicted molar refractivity (Wildman–Crippen MR) is 86.9 cm³/mol. The van der Waals surface area contributed by atoms with Crippen LogP contribution in [0.3, 0.4) is 0 Å². The Hall–Kier alpha value is -2.35. The van der Waals surface area contributed by atoms with Crippen LogP contribution in [0.1, 0.15) is 12.5 Å². The van der Waals surface area contributed by atoms with Crippen molar-refractivity contribution in [2.75, 3.05) is 18.8 Å². The molecule has 0 aromatic heterocycles. The minimum atomic E-state index is -1.15. The molecule has 4 amide bonds. The molecule has 1 fully saturated rings. The molecule has 0 saturated carbocycles. The maximum atomic E-state index is 12.6. The Morgan fingerprint density at radius 1 is 1.39 bits per heavy atom. The number of thioether (sulfide) groups is 1. The highest BCUT2D eigenvalue weighted by Gasteiger charge is 2.49. The Balaban J connectivity index is 1.72. The molecule has 120 valence electrons. The van der Waals surface area contributed by atoms with Gasteiger partial charge in [0, 0.05) is 5.75 Å². The molecule has 0 aliphatic carbocycles. The van der Waals surface area contributed by atoms with Crippen molar-refractivity contribution >= 4 is 34.8 Å². The highest BCUT2D eigenvalue weighted by atomic mass is 32.2. The van der Waals surface area contributed by atoms with Gasteiger partial charge in [-0.3, -0.25) is 19.5 Å². The van der Waals surface area contributed by atoms with E-state index in [0.717, 1.165) is 10.7 Å². The zero-order valence-corrected chi connectivity index (χ0v) is 13.4. The maximum Gasteiger partial charge on any atom is 0.325 e. The Bertz CT molecular complexity index is 691. The Morgan fingerprint density at radius 3 is 2.78 bits per heavy atom. The first-order valence-corrected chi connectivity index (χ1v) is 8.16. The zero-order chi connectivity index (χ0) is 16.4. The monoisotopic (exact) mass is 332 g/mol. The summed E-state index contributed by atoms with van der Waals surface area (Å²) in [5.74, 6) is -0.0472. The van der Waals surface area contributed by atoms with Crippen LogP contribution in [0, 0.1) is 0 Å². The molecule has 1 aromatic rings. The van der Waals surface area contributed by atoms with Gasteiger partial charge < -0.3 is 10.6 Å². The lowest BCUT2D eigenvalue weighted by atomic mass is 9.92. The van der Waals surface area contributed by atoms with Crippen LogP contribution in [-0.4, -0.2) is 46.8 Å². The number of urea groups is 1. The number of carbonyl (C=O) groups is 3. The third-order valence-corrected chi connectivity index (χ3v) is 4.65. The van der Waals surface area contributed by atoms with Crippen molar-refractivity contribution in [3.63, 3.8) is 0 Å². The van der Waals surface area contributed by atoms with Crippen LogP contribution in [-0.2, 0) is 15.1 Å². The Morgan fingerprint density at radius 2 is 2.13 bits per heavy atom. The molecule has 1 aromatic carbocycles. The third kappa shape index (κ3) is 2.94. The van der Waals surface area contributed by atoms with E-state index >= 15 is 0 Å². The predicted octanol–water partition coefficient (Wildman–Crippen LogP) is 0.673. The van der Waals surface area contributed by atoms with Crippen LogP contribution >= 0.6 is 11.8 Å². The number of imide groups is 1. The molecule has 0 bridgehead atoms. The second kappa shape index (κ2) is 6.04. The van der Waals surface area contributed by atoms with Gasteiger partial charge in [0.2, 0.25) is 5.91 Å². The molecule has 2 aliphatic rings. The molecule has 7 nitrogen and oxygen atoms in total. The van der Waals surface area contributed by atoms with Gasteiger partial charge in [-0.25, -0.2) is 4.79 Å². The van der Waals surface area contributed by atoms with Crippen LogP contribution in [0.15, 0.2) is 35.3 Å². The van der Waals surface area contributed by atoms with Gasteiger partial charge in [-0.1, -0.05) is 42.1 Å². The first kappa shape index (κ1) is 15.5. The number of carbonyl (C=O) groups excluding carboxylic acids is 3. The van der Waals surface area contributed by atoms with Crippen molar-refractivity contribution in [3.8, 4) is 0 Å². The number of nitrogens with one attached hydrogen (secondary N) is 2. The largest absolute Gasteiger partial charge is 0.325 e. The lowest BCUT2D eigenvalue weighted by Gasteiger charge is -2.22. The molecule has 3 rings (SSSR count). The van der Waals surface area contributed by atoms with Crippen LogP contribution in [0.2, 0.25) is 0 Å². The fraction of sp³-hybridized carbons (Fsp3) is 0.333. The number of amidine groups is 1. The molecule has 0 radical (unpaired) electrons. The normalized spacial score (nSPS) is 23.7. The van der Waals surface area contributed by atoms with Gasteiger partial charge in [0.25, 0.3) is 5.91 Å². The van der Waals surface area contributed by atoms with E-state index in [2.05, 4.69) is 15.6 Å². The highest BCUT2D eigenvalue weighted by molar-refractivity contribution is 8.14. The topological polar surface area (TPSA) is 90.9 Å². The first-order valence-electron chi connectivity index (χ1n) is 7.17. The number of benzene rings is 1. The molecule has 1 atom stereocenters. The fourth-order valence-electron chi connectivity index (χ4n) is 2.52. The standard InChI is InChI=1S/C15H16N4O3S/c1-15(10-5-3-2-4-6-10)12(21)19(14(22)18-15)9-11(20)17-13-16-7-8-23-13/h2-6H,7-9H2,1H3,(H,18,22)(H,16,17,20)/t15-/m1/s1. The molecule has 2 N–H and O–H groups in total. The Labute approximate surface area is 137 Å². The summed E-state index contributed by atoms with van der Waals surface area (Å²) in [5, 5.41) is 5.82. The van der Waals surface area contributed by atoms with E-state index in [0.29, 0.717) is 17.3 Å². The highest BCUT2D eigenvalue weighted by Crippen LogP contribution is 2.28. The van der Waals surface area contributed by atoms with Crippen LogP contribution in [0.4, 0.5) is 4.79 Å². The zero-order valence-electron chi connectivity index (χ0n) is 12.5. The molecule has 2 aliphatic heterocycles. The summed E-state index contributed by atoms with van der Waals surface area (Å²) in [6, 6.07) is 8.39. The summed E-state index contributed by atoms with van der Waals surface area (Å²) in [4.78, 5) is 41.8. The van der Waals surface area contributed by atoms with E-state index in [4.69, 9.17) is 0 Å². The molecule has 23 heavy (non-hydrogen) atoms. The van der Waals surface area contributed by atoms with Crippen LogP contribution < -0.4 is 10.6 Å². The van der Waals surface area contributed by atoms with Gasteiger partial charge in [0.05, 0.1) is 6.54 Å². The fourth-order valence-corrected chi connectivity index (χ4v) is 3.27. The van der Waals surface area contributed by atoms with Crippen molar-refractivity contribution in [2.24, 2.45) is 4.99 Å². The summed E-state index contributed by atoms with van der Waals surface area (Å²) >= 11 is 1.44. The number of nitrogens with zero attached hydrogens (tertiary/aromatic N) is 2.